The topological polar surface area (TPSA) is 75.3 Å². The van der Waals surface area contributed by atoms with Crippen molar-refractivity contribution in [2.75, 3.05) is 57.3 Å². The molecule has 2 N–H and O–H groups in total. The van der Waals surface area contributed by atoms with Crippen LogP contribution in [-0.2, 0) is 4.74 Å². The van der Waals surface area contributed by atoms with Gasteiger partial charge in [-0.15, -0.1) is 0 Å². The SMILES string of the molecule is CC(C)(C)OC(=O)N1CCNCC1.CC(C)Oc1cc(Br)ccc1Cl.CC(C)Oc1cc(N2CCNCC2)ccc1Cl. The van der Waals surface area contributed by atoms with E-state index in [9.17, 15) is 4.79 Å². The standard InChI is InChI=1S/C13H19ClN2O.C9H10BrClO.C9H18N2O2/c1-10(2)17-13-9-11(3-4-12(13)14)16-7-5-15-6-8-16;1-6(2)12-9-5-7(10)3-4-8(9)11;1-9(2,3)13-8(12)11-6-4-10-5-7-11/h3-4,9-10,15H,5-8H2,1-2H3;3-6H,1-2H3;10H,4-7H2,1-3H3. The number of piperazine rings is 2. The van der Waals surface area contributed by atoms with E-state index < -0.39 is 0 Å². The highest BCUT2D eigenvalue weighted by molar-refractivity contribution is 9.10. The van der Waals surface area contributed by atoms with Crippen LogP contribution in [0.4, 0.5) is 10.5 Å². The molecule has 8 nitrogen and oxygen atoms in total. The summed E-state index contributed by atoms with van der Waals surface area (Å²) in [5.41, 5.74) is 0.800. The Morgan fingerprint density at radius 3 is 1.79 bits per heavy atom. The molecule has 2 aromatic carbocycles. The summed E-state index contributed by atoms with van der Waals surface area (Å²) in [5, 5.41) is 7.85. The van der Waals surface area contributed by atoms with Gasteiger partial charge in [0.15, 0.2) is 0 Å². The molecule has 4 rings (SSSR count). The molecule has 1 amide bonds. The molecule has 0 radical (unpaired) electrons. The second kappa shape index (κ2) is 18.0. The molecule has 2 aliphatic heterocycles. The Morgan fingerprint density at radius 1 is 0.810 bits per heavy atom. The third kappa shape index (κ3) is 14.0. The normalized spacial score (nSPS) is 15.3. The van der Waals surface area contributed by atoms with Gasteiger partial charge in [0, 0.05) is 68.6 Å². The number of nitrogens with one attached hydrogen (secondary N) is 2. The summed E-state index contributed by atoms with van der Waals surface area (Å²) in [6.07, 6.45) is 0.0940. The van der Waals surface area contributed by atoms with Crippen LogP contribution in [0, 0.1) is 0 Å². The first-order chi connectivity index (χ1) is 19.7. The van der Waals surface area contributed by atoms with Gasteiger partial charge in [-0.2, -0.15) is 0 Å². The molecule has 2 heterocycles. The minimum Gasteiger partial charge on any atom is -0.489 e. The number of benzene rings is 2. The zero-order chi connectivity index (χ0) is 31.3. The molecule has 0 atom stereocenters. The monoisotopic (exact) mass is 688 g/mol. The Morgan fingerprint density at radius 2 is 1.29 bits per heavy atom. The van der Waals surface area contributed by atoms with Gasteiger partial charge in [-0.1, -0.05) is 39.1 Å². The number of carbonyl (C=O) groups excluding carboxylic acids is 1. The summed E-state index contributed by atoms with van der Waals surface area (Å²) >= 11 is 15.4. The van der Waals surface area contributed by atoms with E-state index in [2.05, 4.69) is 37.5 Å². The number of anilines is 1. The molecule has 2 fully saturated rings. The minimum atomic E-state index is -0.387. The van der Waals surface area contributed by atoms with E-state index in [1.165, 1.54) is 5.69 Å². The third-order valence-corrected chi connectivity index (χ3v) is 6.90. The molecular weight excluding hydrogens is 643 g/mol. The van der Waals surface area contributed by atoms with Crippen LogP contribution in [0.1, 0.15) is 48.5 Å². The number of hydrogen-bond donors (Lipinski definition) is 2. The minimum absolute atomic E-state index is 0.144. The van der Waals surface area contributed by atoms with Gasteiger partial charge < -0.3 is 34.6 Å². The predicted molar refractivity (Wildman–Crippen MR) is 178 cm³/mol. The molecule has 11 heteroatoms. The van der Waals surface area contributed by atoms with Gasteiger partial charge in [-0.05, 0) is 78.8 Å². The average Bonchev–Trinajstić information content (AvgIpc) is 2.92. The van der Waals surface area contributed by atoms with Gasteiger partial charge in [-0.3, -0.25) is 0 Å². The maximum atomic E-state index is 11.5. The highest BCUT2D eigenvalue weighted by Gasteiger charge is 2.22. The van der Waals surface area contributed by atoms with E-state index in [0.29, 0.717) is 10.0 Å². The van der Waals surface area contributed by atoms with Crippen molar-refractivity contribution in [3.05, 3.63) is 50.9 Å². The molecule has 2 aliphatic rings. The molecule has 2 saturated heterocycles. The summed E-state index contributed by atoms with van der Waals surface area (Å²) in [4.78, 5) is 15.6. The van der Waals surface area contributed by atoms with Crippen LogP contribution in [0.25, 0.3) is 0 Å². The summed E-state index contributed by atoms with van der Waals surface area (Å²) in [5.74, 6) is 1.50. The van der Waals surface area contributed by atoms with E-state index >= 15 is 0 Å². The summed E-state index contributed by atoms with van der Waals surface area (Å²) < 4.78 is 17.4. The second-order valence-corrected chi connectivity index (χ2v) is 13.2. The first-order valence-electron chi connectivity index (χ1n) is 14.5. The van der Waals surface area contributed by atoms with Gasteiger partial charge >= 0.3 is 6.09 Å². The molecular formula is C31H47BrCl2N4O4. The highest BCUT2D eigenvalue weighted by Crippen LogP contribution is 2.31. The number of ether oxygens (including phenoxy) is 3. The largest absolute Gasteiger partial charge is 0.489 e. The summed E-state index contributed by atoms with van der Waals surface area (Å²) in [6.45, 7) is 20.9. The van der Waals surface area contributed by atoms with Crippen molar-refractivity contribution >= 4 is 50.9 Å². The van der Waals surface area contributed by atoms with Crippen molar-refractivity contribution in [3.8, 4) is 11.5 Å². The number of nitrogens with zero attached hydrogens (tertiary/aromatic N) is 2. The van der Waals surface area contributed by atoms with Crippen LogP contribution in [-0.4, -0.2) is 81.2 Å². The molecule has 0 aromatic heterocycles. The molecule has 42 heavy (non-hydrogen) atoms. The fourth-order valence-electron chi connectivity index (χ4n) is 3.95. The van der Waals surface area contributed by atoms with E-state index in [4.69, 9.17) is 37.4 Å². The lowest BCUT2D eigenvalue weighted by Crippen LogP contribution is -2.48. The van der Waals surface area contributed by atoms with Gasteiger partial charge in [0.05, 0.1) is 22.3 Å². The maximum absolute atomic E-state index is 11.5. The van der Waals surface area contributed by atoms with Gasteiger partial charge in [-0.25, -0.2) is 4.79 Å². The van der Waals surface area contributed by atoms with Gasteiger partial charge in [0.2, 0.25) is 0 Å². The smallest absolute Gasteiger partial charge is 0.410 e. The first kappa shape index (κ1) is 36.3. The number of hydrogen-bond acceptors (Lipinski definition) is 7. The number of rotatable bonds is 5. The predicted octanol–water partition coefficient (Wildman–Crippen LogP) is 7.25. The average molecular weight is 691 g/mol. The Kier molecular flexibility index (Phi) is 15.6. The molecule has 2 aromatic rings. The molecule has 0 aliphatic carbocycles. The highest BCUT2D eigenvalue weighted by atomic mass is 79.9. The fourth-order valence-corrected chi connectivity index (χ4v) is 4.62. The Balaban J connectivity index is 0.000000225. The van der Waals surface area contributed by atoms with Crippen LogP contribution in [0.5, 0.6) is 11.5 Å². The molecule has 0 bridgehead atoms. The molecule has 0 spiro atoms. The van der Waals surface area contributed by atoms with Crippen LogP contribution in [0.15, 0.2) is 40.9 Å². The first-order valence-corrected chi connectivity index (χ1v) is 16.0. The van der Waals surface area contributed by atoms with E-state index in [1.54, 1.807) is 4.90 Å². The van der Waals surface area contributed by atoms with Gasteiger partial charge in [0.25, 0.3) is 0 Å². The Labute approximate surface area is 270 Å². The lowest BCUT2D eigenvalue weighted by atomic mass is 10.2. The molecule has 0 unspecified atom stereocenters. The Bertz CT molecular complexity index is 1100. The lowest BCUT2D eigenvalue weighted by Gasteiger charge is -2.30. The zero-order valence-corrected chi connectivity index (χ0v) is 29.0. The lowest BCUT2D eigenvalue weighted by molar-refractivity contribution is 0.0229. The molecule has 236 valence electrons. The number of amides is 1. The van der Waals surface area contributed by atoms with Crippen molar-refractivity contribution in [3.63, 3.8) is 0 Å². The summed E-state index contributed by atoms with van der Waals surface area (Å²) in [7, 11) is 0. The fraction of sp³-hybridized carbons (Fsp3) is 0.581. The zero-order valence-electron chi connectivity index (χ0n) is 25.9. The van der Waals surface area contributed by atoms with E-state index in [1.807, 2.05) is 78.8 Å². The maximum Gasteiger partial charge on any atom is 0.410 e. The summed E-state index contributed by atoms with van der Waals surface area (Å²) in [6, 6.07) is 11.6. The Hall–Kier alpha value is -1.91. The number of carbonyl (C=O) groups is 1. The van der Waals surface area contributed by atoms with Crippen LogP contribution in [0.3, 0.4) is 0 Å². The van der Waals surface area contributed by atoms with Crippen molar-refractivity contribution in [1.82, 2.24) is 15.5 Å². The number of halogens is 3. The van der Waals surface area contributed by atoms with Crippen molar-refractivity contribution in [1.29, 1.82) is 0 Å². The van der Waals surface area contributed by atoms with Crippen LogP contribution < -0.4 is 25.0 Å². The van der Waals surface area contributed by atoms with Crippen LogP contribution in [0.2, 0.25) is 10.0 Å². The third-order valence-electron chi connectivity index (χ3n) is 5.78. The van der Waals surface area contributed by atoms with E-state index in [-0.39, 0.29) is 23.9 Å². The van der Waals surface area contributed by atoms with Crippen molar-refractivity contribution in [2.45, 2.75) is 66.3 Å². The van der Waals surface area contributed by atoms with Crippen molar-refractivity contribution in [2.24, 2.45) is 0 Å². The van der Waals surface area contributed by atoms with Crippen molar-refractivity contribution < 1.29 is 19.0 Å². The molecule has 0 saturated carbocycles. The van der Waals surface area contributed by atoms with E-state index in [0.717, 1.165) is 68.3 Å². The quantitative estimate of drug-likeness (QED) is 0.343. The van der Waals surface area contributed by atoms with Gasteiger partial charge in [0.1, 0.15) is 17.1 Å². The second-order valence-electron chi connectivity index (χ2n) is 11.5. The van der Waals surface area contributed by atoms with Crippen LogP contribution >= 0.6 is 39.1 Å².